The number of anilines is 1. The molecule has 2 aliphatic heterocycles. The van der Waals surface area contributed by atoms with Gasteiger partial charge in [0.05, 0.1) is 11.8 Å². The van der Waals surface area contributed by atoms with Gasteiger partial charge in [0.2, 0.25) is 0 Å². The molecule has 0 unspecified atom stereocenters. The van der Waals surface area contributed by atoms with Crippen LogP contribution in [-0.2, 0) is 17.8 Å². The van der Waals surface area contributed by atoms with Gasteiger partial charge in [0.1, 0.15) is 5.75 Å². The Labute approximate surface area is 194 Å². The average molecular weight is 450 g/mol. The quantitative estimate of drug-likeness (QED) is 0.653. The number of hydrogen-bond acceptors (Lipinski definition) is 5. The maximum atomic E-state index is 12.7. The Morgan fingerprint density at radius 2 is 1.97 bits per heavy atom. The summed E-state index contributed by atoms with van der Waals surface area (Å²) in [6.45, 7) is 6.61. The molecule has 7 nitrogen and oxygen atoms in total. The second-order valence-corrected chi connectivity index (χ2v) is 10.4. The number of nitrogens with zero attached hydrogens (tertiary/aromatic N) is 1. The summed E-state index contributed by atoms with van der Waals surface area (Å²) in [5.41, 5.74) is 2.89. The minimum atomic E-state index is -0.792. The number of β-amino-alcohol motifs (C(OH)–C–C–N with tert-alkyl or cyclic N) is 1. The third-order valence-electron chi connectivity index (χ3n) is 6.91. The molecule has 33 heavy (non-hydrogen) atoms. The number of carbonyl (C=O) groups excluding carboxylic acids is 2. The van der Waals surface area contributed by atoms with Crippen molar-refractivity contribution < 1.29 is 19.4 Å². The highest BCUT2D eigenvalue weighted by Crippen LogP contribution is 2.53. The topological polar surface area (TPSA) is 90.9 Å². The second kappa shape index (κ2) is 8.15. The van der Waals surface area contributed by atoms with E-state index in [-0.39, 0.29) is 23.8 Å². The lowest BCUT2D eigenvalue weighted by Crippen LogP contribution is -2.62. The van der Waals surface area contributed by atoms with E-state index >= 15 is 0 Å². The van der Waals surface area contributed by atoms with Crippen LogP contribution in [0.5, 0.6) is 5.75 Å². The van der Waals surface area contributed by atoms with Crippen LogP contribution in [0.3, 0.4) is 0 Å². The van der Waals surface area contributed by atoms with Crippen LogP contribution in [0.25, 0.3) is 0 Å². The van der Waals surface area contributed by atoms with E-state index in [1.54, 1.807) is 18.2 Å². The van der Waals surface area contributed by atoms with Crippen molar-refractivity contribution in [3.63, 3.8) is 0 Å². The van der Waals surface area contributed by atoms with Gasteiger partial charge in [0.15, 0.2) is 5.60 Å². The predicted octanol–water partition coefficient (Wildman–Crippen LogP) is 2.73. The molecule has 1 saturated carbocycles. The van der Waals surface area contributed by atoms with Gasteiger partial charge < -0.3 is 20.5 Å². The molecule has 1 atom stereocenters. The zero-order chi connectivity index (χ0) is 23.2. The van der Waals surface area contributed by atoms with E-state index in [9.17, 15) is 14.7 Å². The standard InChI is InChI=1S/C26H31N3O4/c1-25(2)15-26(16-25)24(32)28-21-11-18(7-8-22(21)33-26)23(31)27-12-20(30)14-29-10-9-17-5-3-4-6-19(17)13-29/h3-8,11,20,30H,9-10,12-16H2,1-2H3,(H,27,31)(H,28,32)/t20-/m0/s1. The average Bonchev–Trinajstić information content (AvgIpc) is 2.76. The highest BCUT2D eigenvalue weighted by atomic mass is 16.5. The van der Waals surface area contributed by atoms with E-state index in [1.807, 2.05) is 6.07 Å². The Bertz CT molecular complexity index is 1090. The SMILES string of the molecule is CC1(C)CC2(C1)Oc1ccc(C(=O)NC[C@H](O)CN3CCc4ccccc4C3)cc1NC2=O. The molecular formula is C26H31N3O4. The summed E-state index contributed by atoms with van der Waals surface area (Å²) in [5.74, 6) is 0.151. The Balaban J connectivity index is 1.15. The first-order valence-electron chi connectivity index (χ1n) is 11.6. The van der Waals surface area contributed by atoms with Crippen LogP contribution in [0, 0.1) is 5.41 Å². The lowest BCUT2D eigenvalue weighted by Gasteiger charge is -2.52. The fourth-order valence-electron chi connectivity index (χ4n) is 5.46. The summed E-state index contributed by atoms with van der Waals surface area (Å²) in [6, 6.07) is 13.4. The van der Waals surface area contributed by atoms with Crippen LogP contribution >= 0.6 is 0 Å². The number of aliphatic hydroxyl groups excluding tert-OH is 1. The molecule has 1 fully saturated rings. The zero-order valence-electron chi connectivity index (χ0n) is 19.2. The normalized spacial score (nSPS) is 21.1. The summed E-state index contributed by atoms with van der Waals surface area (Å²) in [5, 5.41) is 16.2. The van der Waals surface area contributed by atoms with E-state index in [1.165, 1.54) is 11.1 Å². The van der Waals surface area contributed by atoms with Crippen molar-refractivity contribution >= 4 is 17.5 Å². The first-order valence-corrected chi connectivity index (χ1v) is 11.6. The van der Waals surface area contributed by atoms with Crippen LogP contribution < -0.4 is 15.4 Å². The lowest BCUT2D eigenvalue weighted by atomic mass is 9.60. The molecule has 0 radical (unpaired) electrons. The fourth-order valence-corrected chi connectivity index (χ4v) is 5.46. The van der Waals surface area contributed by atoms with E-state index in [0.717, 1.165) is 19.5 Å². The molecule has 174 valence electrons. The minimum absolute atomic E-state index is 0.0904. The highest BCUT2D eigenvalue weighted by Gasteiger charge is 2.58. The molecule has 3 N–H and O–H groups in total. The number of amides is 2. The van der Waals surface area contributed by atoms with Crippen molar-refractivity contribution in [3.8, 4) is 5.75 Å². The molecular weight excluding hydrogens is 418 g/mol. The van der Waals surface area contributed by atoms with Gasteiger partial charge in [-0.25, -0.2) is 0 Å². The maximum absolute atomic E-state index is 12.7. The van der Waals surface area contributed by atoms with Gasteiger partial charge in [0, 0.05) is 44.6 Å². The third kappa shape index (κ3) is 4.35. The van der Waals surface area contributed by atoms with Crippen molar-refractivity contribution in [2.24, 2.45) is 5.41 Å². The molecule has 0 bridgehead atoms. The molecule has 2 aromatic carbocycles. The Hall–Kier alpha value is -2.90. The van der Waals surface area contributed by atoms with Gasteiger partial charge in [-0.2, -0.15) is 0 Å². The highest BCUT2D eigenvalue weighted by molar-refractivity contribution is 6.03. The van der Waals surface area contributed by atoms with Crippen LogP contribution in [0.1, 0.15) is 48.2 Å². The van der Waals surface area contributed by atoms with Crippen LogP contribution in [0.4, 0.5) is 5.69 Å². The van der Waals surface area contributed by atoms with Gasteiger partial charge in [0.25, 0.3) is 11.8 Å². The summed E-state index contributed by atoms with van der Waals surface area (Å²) in [7, 11) is 0. The van der Waals surface area contributed by atoms with Gasteiger partial charge in [-0.3, -0.25) is 14.5 Å². The number of fused-ring (bicyclic) bond motifs is 2. The first kappa shape index (κ1) is 21.9. The summed E-state index contributed by atoms with van der Waals surface area (Å²) < 4.78 is 6.06. The second-order valence-electron chi connectivity index (χ2n) is 10.4. The molecule has 0 saturated heterocycles. The number of benzene rings is 2. The number of rotatable bonds is 5. The van der Waals surface area contributed by atoms with Crippen molar-refractivity contribution in [2.45, 2.75) is 51.4 Å². The van der Waals surface area contributed by atoms with Gasteiger partial charge in [-0.15, -0.1) is 0 Å². The summed E-state index contributed by atoms with van der Waals surface area (Å²) in [6.07, 6.45) is 1.65. The molecule has 2 aromatic rings. The molecule has 2 amide bonds. The fraction of sp³-hybridized carbons (Fsp3) is 0.462. The van der Waals surface area contributed by atoms with Crippen LogP contribution in [-0.4, -0.2) is 53.2 Å². The molecule has 1 spiro atoms. The predicted molar refractivity (Wildman–Crippen MR) is 125 cm³/mol. The van der Waals surface area contributed by atoms with Crippen molar-refractivity contribution in [3.05, 3.63) is 59.2 Å². The smallest absolute Gasteiger partial charge is 0.268 e. The molecule has 7 heteroatoms. The number of hydrogen-bond donors (Lipinski definition) is 3. The van der Waals surface area contributed by atoms with Crippen molar-refractivity contribution in [1.82, 2.24) is 10.2 Å². The van der Waals surface area contributed by atoms with E-state index in [0.29, 0.717) is 36.4 Å². The van der Waals surface area contributed by atoms with E-state index < -0.39 is 11.7 Å². The maximum Gasteiger partial charge on any atom is 0.268 e. The number of nitrogens with one attached hydrogen (secondary N) is 2. The Morgan fingerprint density at radius 1 is 1.21 bits per heavy atom. The Morgan fingerprint density at radius 3 is 2.73 bits per heavy atom. The van der Waals surface area contributed by atoms with Crippen molar-refractivity contribution in [1.29, 1.82) is 0 Å². The minimum Gasteiger partial charge on any atom is -0.475 e. The van der Waals surface area contributed by atoms with Crippen LogP contribution in [0.2, 0.25) is 0 Å². The van der Waals surface area contributed by atoms with Gasteiger partial charge in [-0.1, -0.05) is 38.1 Å². The molecule has 2 heterocycles. The number of carbonyl (C=O) groups is 2. The molecule has 3 aliphatic rings. The molecule has 1 aliphatic carbocycles. The number of ether oxygens (including phenoxy) is 1. The van der Waals surface area contributed by atoms with Gasteiger partial charge in [-0.05, 0) is 41.2 Å². The Kier molecular flexibility index (Phi) is 5.41. The molecule has 0 aromatic heterocycles. The summed E-state index contributed by atoms with van der Waals surface area (Å²) >= 11 is 0. The summed E-state index contributed by atoms with van der Waals surface area (Å²) in [4.78, 5) is 27.5. The van der Waals surface area contributed by atoms with Crippen molar-refractivity contribution in [2.75, 3.05) is 25.0 Å². The monoisotopic (exact) mass is 449 g/mol. The van der Waals surface area contributed by atoms with Crippen LogP contribution in [0.15, 0.2) is 42.5 Å². The molecule has 5 rings (SSSR count). The lowest BCUT2D eigenvalue weighted by molar-refractivity contribution is -0.153. The third-order valence-corrected chi connectivity index (χ3v) is 6.91. The largest absolute Gasteiger partial charge is 0.475 e. The van der Waals surface area contributed by atoms with Gasteiger partial charge >= 0.3 is 0 Å². The zero-order valence-corrected chi connectivity index (χ0v) is 19.2. The van der Waals surface area contributed by atoms with E-state index in [2.05, 4.69) is 47.6 Å². The van der Waals surface area contributed by atoms with E-state index in [4.69, 9.17) is 4.74 Å². The first-order chi connectivity index (χ1) is 15.7. The number of aliphatic hydroxyl groups is 1.